The molecule has 3 amide bonds. The van der Waals surface area contributed by atoms with Crippen LogP contribution in [0.15, 0.2) is 108 Å². The van der Waals surface area contributed by atoms with Gasteiger partial charge in [0.25, 0.3) is 17.7 Å². The number of hydrogen-bond acceptors (Lipinski definition) is 7. The van der Waals surface area contributed by atoms with Crippen LogP contribution in [0.3, 0.4) is 0 Å². The second-order valence-corrected chi connectivity index (χ2v) is 9.51. The highest BCUT2D eigenvalue weighted by Crippen LogP contribution is 2.37. The fourth-order valence-electron chi connectivity index (χ4n) is 4.26. The van der Waals surface area contributed by atoms with Gasteiger partial charge in [-0.1, -0.05) is 48.0 Å². The maximum absolute atomic E-state index is 13.3. The lowest BCUT2D eigenvalue weighted by Crippen LogP contribution is -2.32. The zero-order chi connectivity index (χ0) is 29.6. The Bertz CT molecular complexity index is 1670. The van der Waals surface area contributed by atoms with Gasteiger partial charge >= 0.3 is 0 Å². The third kappa shape index (κ3) is 6.06. The first-order valence-corrected chi connectivity index (χ1v) is 13.2. The van der Waals surface area contributed by atoms with Gasteiger partial charge in [0.05, 0.1) is 19.9 Å². The molecule has 2 N–H and O–H groups in total. The number of imide groups is 1. The van der Waals surface area contributed by atoms with Crippen molar-refractivity contribution in [2.75, 3.05) is 29.8 Å². The Labute approximate surface area is 247 Å². The molecule has 10 heteroatoms. The molecule has 4 aromatic rings. The number of ether oxygens (including phenoxy) is 3. The lowest BCUT2D eigenvalue weighted by molar-refractivity contribution is -0.120. The first-order chi connectivity index (χ1) is 20.4. The molecule has 0 atom stereocenters. The summed E-state index contributed by atoms with van der Waals surface area (Å²) in [6.07, 6.45) is 0. The van der Waals surface area contributed by atoms with Crippen LogP contribution in [0.4, 0.5) is 17.1 Å². The van der Waals surface area contributed by atoms with Crippen molar-refractivity contribution in [3.05, 3.63) is 119 Å². The highest BCUT2D eigenvalue weighted by atomic mass is 35.5. The molecule has 5 rings (SSSR count). The van der Waals surface area contributed by atoms with E-state index < -0.39 is 11.8 Å². The minimum atomic E-state index is -0.710. The zero-order valence-corrected chi connectivity index (χ0v) is 23.5. The van der Waals surface area contributed by atoms with Crippen LogP contribution < -0.4 is 29.7 Å². The third-order valence-electron chi connectivity index (χ3n) is 6.41. The zero-order valence-electron chi connectivity index (χ0n) is 22.7. The van der Waals surface area contributed by atoms with Gasteiger partial charge in [-0.15, -0.1) is 0 Å². The Morgan fingerprint density at radius 3 is 2.24 bits per heavy atom. The maximum Gasteiger partial charge on any atom is 0.283 e. The Morgan fingerprint density at radius 2 is 1.52 bits per heavy atom. The molecule has 0 fully saturated rings. The average molecular weight is 584 g/mol. The molecule has 0 saturated carbocycles. The number of anilines is 3. The van der Waals surface area contributed by atoms with E-state index in [0.29, 0.717) is 35.0 Å². The molecule has 212 valence electrons. The fraction of sp³-hybridized carbons (Fsp3) is 0.0938. The first kappa shape index (κ1) is 28.3. The van der Waals surface area contributed by atoms with E-state index in [0.717, 1.165) is 10.5 Å². The van der Waals surface area contributed by atoms with Crippen molar-refractivity contribution in [3.63, 3.8) is 0 Å². The molecular formula is C32H26ClN3O6. The number of hydrogen-bond donors (Lipinski definition) is 2. The predicted molar refractivity (Wildman–Crippen MR) is 160 cm³/mol. The molecule has 0 spiro atoms. The topological polar surface area (TPSA) is 106 Å². The molecule has 0 unspecified atom stereocenters. The quantitative estimate of drug-likeness (QED) is 0.222. The number of nitrogens with zero attached hydrogens (tertiary/aromatic N) is 1. The standard InChI is InChI=1S/C32H26ClN3O6/c1-40-25-15-16-26(27(18-25)41-2)36-31(38)28(33)29(32(36)39)34-23-10-6-9-21(17-23)30(37)35-22-11-13-24(14-12-22)42-19-20-7-4-3-5-8-20/h3-18,34H,19H2,1-2H3,(H,35,37). The number of benzene rings is 4. The van der Waals surface area contributed by atoms with Crippen molar-refractivity contribution in [1.29, 1.82) is 0 Å². The molecule has 4 aromatic carbocycles. The van der Waals surface area contributed by atoms with Gasteiger partial charge < -0.3 is 24.8 Å². The van der Waals surface area contributed by atoms with E-state index in [9.17, 15) is 14.4 Å². The van der Waals surface area contributed by atoms with Crippen molar-refractivity contribution in [3.8, 4) is 17.2 Å². The molecule has 0 aromatic heterocycles. The highest BCUT2D eigenvalue weighted by Gasteiger charge is 2.40. The number of carbonyl (C=O) groups is 3. The second-order valence-electron chi connectivity index (χ2n) is 9.13. The van der Waals surface area contributed by atoms with Crippen molar-refractivity contribution in [2.45, 2.75) is 6.61 Å². The lowest BCUT2D eigenvalue weighted by atomic mass is 10.1. The van der Waals surface area contributed by atoms with Crippen molar-refractivity contribution in [1.82, 2.24) is 0 Å². The van der Waals surface area contributed by atoms with Gasteiger partial charge in [-0.25, -0.2) is 4.90 Å². The van der Waals surface area contributed by atoms with Crippen LogP contribution in [-0.2, 0) is 16.2 Å². The Balaban J connectivity index is 1.25. The van der Waals surface area contributed by atoms with Gasteiger partial charge in [-0.3, -0.25) is 14.4 Å². The van der Waals surface area contributed by atoms with Crippen LogP contribution in [0.1, 0.15) is 15.9 Å². The van der Waals surface area contributed by atoms with Gasteiger partial charge in [-0.05, 0) is 60.2 Å². The number of rotatable bonds is 10. The highest BCUT2D eigenvalue weighted by molar-refractivity contribution is 6.53. The minimum absolute atomic E-state index is 0.122. The Hall–Kier alpha value is -5.28. The molecule has 0 bridgehead atoms. The number of amides is 3. The monoisotopic (exact) mass is 583 g/mol. The summed E-state index contributed by atoms with van der Waals surface area (Å²) in [5, 5.41) is 5.45. The van der Waals surface area contributed by atoms with E-state index in [4.69, 9.17) is 25.8 Å². The van der Waals surface area contributed by atoms with Crippen LogP contribution in [-0.4, -0.2) is 31.9 Å². The molecule has 9 nitrogen and oxygen atoms in total. The summed E-state index contributed by atoms with van der Waals surface area (Å²) in [5.41, 5.74) is 2.45. The SMILES string of the molecule is COc1ccc(N2C(=O)C(Cl)=C(Nc3cccc(C(=O)Nc4ccc(OCc5ccccc5)cc4)c3)C2=O)c(OC)c1. The van der Waals surface area contributed by atoms with Gasteiger partial charge in [0.1, 0.15) is 34.6 Å². The summed E-state index contributed by atoms with van der Waals surface area (Å²) in [4.78, 5) is 40.2. The molecule has 0 saturated heterocycles. The number of nitrogens with one attached hydrogen (secondary N) is 2. The molecule has 0 radical (unpaired) electrons. The smallest absolute Gasteiger partial charge is 0.283 e. The van der Waals surface area contributed by atoms with E-state index in [2.05, 4.69) is 10.6 Å². The van der Waals surface area contributed by atoms with E-state index in [1.165, 1.54) is 20.3 Å². The summed E-state index contributed by atoms with van der Waals surface area (Å²) < 4.78 is 16.3. The second kappa shape index (κ2) is 12.5. The summed E-state index contributed by atoms with van der Waals surface area (Å²) in [6, 6.07) is 28.0. The summed E-state index contributed by atoms with van der Waals surface area (Å²) in [5.74, 6) is -0.318. The van der Waals surface area contributed by atoms with Crippen LogP contribution in [0.2, 0.25) is 0 Å². The van der Waals surface area contributed by atoms with Crippen LogP contribution in [0.25, 0.3) is 0 Å². The van der Waals surface area contributed by atoms with E-state index in [1.54, 1.807) is 60.7 Å². The van der Waals surface area contributed by atoms with E-state index in [-0.39, 0.29) is 28.1 Å². The largest absolute Gasteiger partial charge is 0.497 e. The van der Waals surface area contributed by atoms with Crippen molar-refractivity contribution >= 4 is 46.4 Å². The van der Waals surface area contributed by atoms with Crippen LogP contribution in [0, 0.1) is 0 Å². The van der Waals surface area contributed by atoms with Crippen LogP contribution >= 0.6 is 11.6 Å². The summed E-state index contributed by atoms with van der Waals surface area (Å²) in [6.45, 7) is 0.437. The molecule has 0 aliphatic carbocycles. The summed E-state index contributed by atoms with van der Waals surface area (Å²) >= 11 is 6.30. The molecular weight excluding hydrogens is 558 g/mol. The Kier molecular flexibility index (Phi) is 8.40. The van der Waals surface area contributed by atoms with Gasteiger partial charge in [0.15, 0.2) is 0 Å². The maximum atomic E-state index is 13.3. The van der Waals surface area contributed by atoms with Crippen molar-refractivity contribution < 1.29 is 28.6 Å². The molecule has 1 aliphatic heterocycles. The van der Waals surface area contributed by atoms with Crippen LogP contribution in [0.5, 0.6) is 17.2 Å². The molecule has 1 aliphatic rings. The molecule has 1 heterocycles. The predicted octanol–water partition coefficient (Wildman–Crippen LogP) is 5.97. The van der Waals surface area contributed by atoms with E-state index in [1.807, 2.05) is 30.3 Å². The normalized spacial score (nSPS) is 12.8. The number of carbonyl (C=O) groups excluding carboxylic acids is 3. The van der Waals surface area contributed by atoms with Gasteiger partial charge in [0.2, 0.25) is 0 Å². The Morgan fingerprint density at radius 1 is 0.786 bits per heavy atom. The summed E-state index contributed by atoms with van der Waals surface area (Å²) in [7, 11) is 2.91. The van der Waals surface area contributed by atoms with E-state index >= 15 is 0 Å². The average Bonchev–Trinajstić information content (AvgIpc) is 3.23. The van der Waals surface area contributed by atoms with Gasteiger partial charge in [0, 0.05) is 23.0 Å². The third-order valence-corrected chi connectivity index (χ3v) is 6.76. The number of methoxy groups -OCH3 is 2. The number of halogens is 1. The minimum Gasteiger partial charge on any atom is -0.497 e. The first-order valence-electron chi connectivity index (χ1n) is 12.8. The fourth-order valence-corrected chi connectivity index (χ4v) is 4.47. The lowest BCUT2D eigenvalue weighted by Gasteiger charge is -2.18. The van der Waals surface area contributed by atoms with Crippen molar-refractivity contribution in [2.24, 2.45) is 0 Å². The van der Waals surface area contributed by atoms with Gasteiger partial charge in [-0.2, -0.15) is 0 Å². The molecule has 42 heavy (non-hydrogen) atoms.